The third-order valence-corrected chi connectivity index (χ3v) is 7.02. The number of fused-ring (bicyclic) bond motifs is 3. The molecule has 0 saturated carbocycles. The maximum Gasteiger partial charge on any atom is 0.407 e. The Bertz CT molecular complexity index is 1050. The Morgan fingerprint density at radius 1 is 1.06 bits per heavy atom. The van der Waals surface area contributed by atoms with Crippen LogP contribution in [0, 0.1) is 5.92 Å². The van der Waals surface area contributed by atoms with E-state index in [1.165, 1.54) is 11.1 Å². The lowest BCUT2D eigenvalue weighted by molar-refractivity contribution is -0.137. The van der Waals surface area contributed by atoms with E-state index >= 15 is 0 Å². The van der Waals surface area contributed by atoms with Gasteiger partial charge in [0.15, 0.2) is 0 Å². The predicted octanol–water partition coefficient (Wildman–Crippen LogP) is 4.80. The molecule has 1 unspecified atom stereocenters. The number of piperidine rings is 1. The Morgan fingerprint density at radius 2 is 1.69 bits per heavy atom. The van der Waals surface area contributed by atoms with E-state index in [2.05, 4.69) is 29.6 Å². The normalized spacial score (nSPS) is 17.4. The van der Waals surface area contributed by atoms with Crippen LogP contribution in [0.3, 0.4) is 0 Å². The Morgan fingerprint density at radius 3 is 2.31 bits per heavy atom. The average Bonchev–Trinajstić information content (AvgIpc) is 3.15. The first-order chi connectivity index (χ1) is 16.7. The molecule has 1 aliphatic carbocycles. The number of carboxylic acid groups (broad SMARTS) is 1. The zero-order valence-electron chi connectivity index (χ0n) is 20.5. The van der Waals surface area contributed by atoms with Crippen LogP contribution in [-0.2, 0) is 14.3 Å². The summed E-state index contributed by atoms with van der Waals surface area (Å²) in [5, 5.41) is 11.8. The number of amides is 2. The van der Waals surface area contributed by atoms with Crippen LogP contribution < -0.4 is 5.32 Å². The first-order valence-corrected chi connectivity index (χ1v) is 12.4. The van der Waals surface area contributed by atoms with E-state index in [9.17, 15) is 14.4 Å². The van der Waals surface area contributed by atoms with Gasteiger partial charge in [0.1, 0.15) is 6.61 Å². The van der Waals surface area contributed by atoms with E-state index < -0.39 is 17.6 Å². The van der Waals surface area contributed by atoms with Crippen molar-refractivity contribution < 1.29 is 24.2 Å². The highest BCUT2D eigenvalue weighted by Crippen LogP contribution is 2.44. The first kappa shape index (κ1) is 24.8. The first-order valence-electron chi connectivity index (χ1n) is 12.4. The SMILES string of the molecule is CC(C)(CC(=O)N1CCCC(CCC(=O)O)C1)NC(=O)OCC1c2ccccc2-c2ccccc21. The van der Waals surface area contributed by atoms with Crippen molar-refractivity contribution in [3.8, 4) is 11.1 Å². The van der Waals surface area contributed by atoms with E-state index in [0.29, 0.717) is 19.5 Å². The molecule has 4 rings (SSSR count). The van der Waals surface area contributed by atoms with Crippen LogP contribution in [0.25, 0.3) is 11.1 Å². The number of ether oxygens (including phenoxy) is 1. The van der Waals surface area contributed by atoms with E-state index in [4.69, 9.17) is 9.84 Å². The molecule has 7 nitrogen and oxygen atoms in total. The zero-order chi connectivity index (χ0) is 25.0. The zero-order valence-corrected chi connectivity index (χ0v) is 20.5. The topological polar surface area (TPSA) is 95.9 Å². The Balaban J connectivity index is 1.30. The van der Waals surface area contributed by atoms with Crippen LogP contribution in [0.2, 0.25) is 0 Å². The molecule has 7 heteroatoms. The Kier molecular flexibility index (Phi) is 7.43. The molecule has 2 aromatic rings. The highest BCUT2D eigenvalue weighted by Gasteiger charge is 2.32. The molecule has 1 aliphatic heterocycles. The van der Waals surface area contributed by atoms with Crippen LogP contribution in [0.4, 0.5) is 4.79 Å². The van der Waals surface area contributed by atoms with Crippen molar-refractivity contribution in [2.24, 2.45) is 5.92 Å². The molecule has 2 N–H and O–H groups in total. The molecule has 1 fully saturated rings. The van der Waals surface area contributed by atoms with Crippen LogP contribution in [0.1, 0.15) is 63.0 Å². The number of rotatable bonds is 8. The number of carboxylic acids is 1. The summed E-state index contributed by atoms with van der Waals surface area (Å²) < 4.78 is 5.64. The van der Waals surface area contributed by atoms with Crippen molar-refractivity contribution >= 4 is 18.0 Å². The standard InChI is InChI=1S/C28H34N2O5/c1-28(2,16-25(31)30-15-7-8-19(17-30)13-14-26(32)33)29-27(34)35-18-24-22-11-5-3-9-20(22)21-10-4-6-12-23(21)24/h3-6,9-12,19,24H,7-8,13-18H2,1-2H3,(H,29,34)(H,32,33). The van der Waals surface area contributed by atoms with Gasteiger partial charge in [-0.05, 0) is 61.3 Å². The molecule has 1 saturated heterocycles. The second kappa shape index (κ2) is 10.5. The molecule has 35 heavy (non-hydrogen) atoms. The minimum atomic E-state index is -0.804. The largest absolute Gasteiger partial charge is 0.481 e. The molecule has 2 aliphatic rings. The maximum absolute atomic E-state index is 12.9. The van der Waals surface area contributed by atoms with E-state index in [0.717, 1.165) is 24.0 Å². The smallest absolute Gasteiger partial charge is 0.407 e. The summed E-state index contributed by atoms with van der Waals surface area (Å²) >= 11 is 0. The molecule has 1 atom stereocenters. The minimum Gasteiger partial charge on any atom is -0.481 e. The molecule has 1 heterocycles. The van der Waals surface area contributed by atoms with Gasteiger partial charge in [-0.1, -0.05) is 48.5 Å². The summed E-state index contributed by atoms with van der Waals surface area (Å²) in [4.78, 5) is 38.3. The van der Waals surface area contributed by atoms with Gasteiger partial charge in [-0.3, -0.25) is 9.59 Å². The quantitative estimate of drug-likeness (QED) is 0.568. The number of benzene rings is 2. The molecule has 0 spiro atoms. The molecule has 0 bridgehead atoms. The number of alkyl carbamates (subject to hydrolysis) is 1. The van der Waals surface area contributed by atoms with Crippen molar-refractivity contribution in [1.29, 1.82) is 0 Å². The fourth-order valence-corrected chi connectivity index (χ4v) is 5.30. The highest BCUT2D eigenvalue weighted by molar-refractivity contribution is 5.80. The Labute approximate surface area is 206 Å². The van der Waals surface area contributed by atoms with Crippen molar-refractivity contribution in [3.05, 3.63) is 59.7 Å². The Hall–Kier alpha value is -3.35. The minimum absolute atomic E-state index is 0.0195. The maximum atomic E-state index is 12.9. The van der Waals surface area contributed by atoms with Crippen LogP contribution in [0.15, 0.2) is 48.5 Å². The number of carbonyl (C=O) groups is 3. The molecule has 0 radical (unpaired) electrons. The number of carbonyl (C=O) groups excluding carboxylic acids is 2. The van der Waals surface area contributed by atoms with Crippen molar-refractivity contribution in [2.45, 2.75) is 57.4 Å². The van der Waals surface area contributed by atoms with Crippen LogP contribution in [0.5, 0.6) is 0 Å². The van der Waals surface area contributed by atoms with E-state index in [-0.39, 0.29) is 37.2 Å². The predicted molar refractivity (Wildman–Crippen MR) is 133 cm³/mol. The average molecular weight is 479 g/mol. The van der Waals surface area contributed by atoms with Crippen molar-refractivity contribution in [3.63, 3.8) is 0 Å². The molecular formula is C28H34N2O5. The summed E-state index contributed by atoms with van der Waals surface area (Å²) in [6.45, 7) is 5.11. The second-order valence-corrected chi connectivity index (χ2v) is 10.3. The van der Waals surface area contributed by atoms with Crippen LogP contribution >= 0.6 is 0 Å². The number of hydrogen-bond donors (Lipinski definition) is 2. The highest BCUT2D eigenvalue weighted by atomic mass is 16.5. The third kappa shape index (κ3) is 6.02. The van der Waals surface area contributed by atoms with E-state index in [1.807, 2.05) is 38.1 Å². The van der Waals surface area contributed by atoms with Gasteiger partial charge in [0.2, 0.25) is 5.91 Å². The van der Waals surface area contributed by atoms with Crippen molar-refractivity contribution in [2.75, 3.05) is 19.7 Å². The lowest BCUT2D eigenvalue weighted by Crippen LogP contribution is -2.49. The van der Waals surface area contributed by atoms with Gasteiger partial charge in [0, 0.05) is 37.4 Å². The fourth-order valence-electron chi connectivity index (χ4n) is 5.30. The van der Waals surface area contributed by atoms with Gasteiger partial charge in [0.05, 0.1) is 0 Å². The number of likely N-dealkylation sites (tertiary alicyclic amines) is 1. The number of nitrogens with zero attached hydrogens (tertiary/aromatic N) is 1. The lowest BCUT2D eigenvalue weighted by Gasteiger charge is -2.35. The lowest BCUT2D eigenvalue weighted by atomic mass is 9.92. The molecule has 186 valence electrons. The van der Waals surface area contributed by atoms with Gasteiger partial charge in [-0.15, -0.1) is 0 Å². The number of nitrogens with one attached hydrogen (secondary N) is 1. The number of aliphatic carboxylic acids is 1. The molecule has 2 amide bonds. The third-order valence-electron chi connectivity index (χ3n) is 7.02. The summed E-state index contributed by atoms with van der Waals surface area (Å²) in [5.41, 5.74) is 3.88. The summed E-state index contributed by atoms with van der Waals surface area (Å²) in [5.74, 6) is -0.646. The van der Waals surface area contributed by atoms with Gasteiger partial charge in [-0.2, -0.15) is 0 Å². The summed E-state index contributed by atoms with van der Waals surface area (Å²) in [6.07, 6.45) is 2.14. The molecular weight excluding hydrogens is 444 g/mol. The second-order valence-electron chi connectivity index (χ2n) is 10.3. The van der Waals surface area contributed by atoms with Gasteiger partial charge in [0.25, 0.3) is 0 Å². The van der Waals surface area contributed by atoms with Gasteiger partial charge in [-0.25, -0.2) is 4.79 Å². The van der Waals surface area contributed by atoms with Crippen LogP contribution in [-0.4, -0.2) is 53.2 Å². The van der Waals surface area contributed by atoms with E-state index in [1.54, 1.807) is 4.90 Å². The summed E-state index contributed by atoms with van der Waals surface area (Å²) in [7, 11) is 0. The number of hydrogen-bond acceptors (Lipinski definition) is 4. The summed E-state index contributed by atoms with van der Waals surface area (Å²) in [6, 6.07) is 16.4. The van der Waals surface area contributed by atoms with Gasteiger partial charge < -0.3 is 20.1 Å². The molecule has 2 aromatic carbocycles. The van der Waals surface area contributed by atoms with Crippen molar-refractivity contribution in [1.82, 2.24) is 10.2 Å². The monoisotopic (exact) mass is 478 g/mol. The van der Waals surface area contributed by atoms with Gasteiger partial charge >= 0.3 is 12.1 Å². The molecule has 0 aromatic heterocycles. The fraction of sp³-hybridized carbons (Fsp3) is 0.464.